The zero-order chi connectivity index (χ0) is 13.2. The summed E-state index contributed by atoms with van der Waals surface area (Å²) < 4.78 is 5.23. The molecule has 0 aliphatic heterocycles. The maximum absolute atomic E-state index is 6.20. The van der Waals surface area contributed by atoms with Crippen LogP contribution in [-0.2, 0) is 5.54 Å². The molecule has 18 heavy (non-hydrogen) atoms. The van der Waals surface area contributed by atoms with Crippen LogP contribution in [0.15, 0.2) is 16.9 Å². The van der Waals surface area contributed by atoms with E-state index in [1.54, 1.807) is 12.4 Å². The van der Waals surface area contributed by atoms with Gasteiger partial charge in [0.05, 0.1) is 5.54 Å². The van der Waals surface area contributed by atoms with Crippen molar-refractivity contribution in [3.63, 3.8) is 0 Å². The molecule has 2 heterocycles. The number of hydrogen-bond acceptors (Lipinski definition) is 6. The smallest absolute Gasteiger partial charge is 0.247 e. The van der Waals surface area contributed by atoms with Crippen molar-refractivity contribution in [2.45, 2.75) is 39.2 Å². The molecule has 0 atom stereocenters. The van der Waals surface area contributed by atoms with Gasteiger partial charge in [-0.3, -0.25) is 0 Å². The molecule has 0 fully saturated rings. The van der Waals surface area contributed by atoms with Crippen LogP contribution in [-0.4, -0.2) is 20.1 Å². The van der Waals surface area contributed by atoms with E-state index in [1.165, 1.54) is 0 Å². The number of aryl methyl sites for hydroxylation is 1. The minimum Gasteiger partial charge on any atom is -0.337 e. The van der Waals surface area contributed by atoms with Gasteiger partial charge in [-0.05, 0) is 25.3 Å². The molecule has 2 rings (SSSR count). The third kappa shape index (κ3) is 2.24. The first kappa shape index (κ1) is 12.6. The zero-order valence-electron chi connectivity index (χ0n) is 10.8. The van der Waals surface area contributed by atoms with Crippen LogP contribution in [0.5, 0.6) is 0 Å². The quantitative estimate of drug-likeness (QED) is 0.886. The third-order valence-corrected chi connectivity index (χ3v) is 3.09. The molecule has 0 amide bonds. The predicted molar refractivity (Wildman–Crippen MR) is 66.5 cm³/mol. The number of rotatable bonds is 4. The normalized spacial score (nSPS) is 11.8. The van der Waals surface area contributed by atoms with Crippen molar-refractivity contribution in [1.82, 2.24) is 20.1 Å². The molecule has 0 aliphatic carbocycles. The molecular formula is C12H17N5O. The third-order valence-electron chi connectivity index (χ3n) is 3.09. The Hall–Kier alpha value is -1.82. The molecule has 6 nitrogen and oxygen atoms in total. The van der Waals surface area contributed by atoms with Crippen molar-refractivity contribution in [2.24, 2.45) is 5.73 Å². The van der Waals surface area contributed by atoms with E-state index in [4.69, 9.17) is 10.3 Å². The highest BCUT2D eigenvalue weighted by atomic mass is 16.5. The largest absolute Gasteiger partial charge is 0.337 e. The van der Waals surface area contributed by atoms with Crippen LogP contribution in [0, 0.1) is 6.92 Å². The monoisotopic (exact) mass is 247 g/mol. The van der Waals surface area contributed by atoms with Crippen LogP contribution in [0.2, 0.25) is 0 Å². The van der Waals surface area contributed by atoms with Gasteiger partial charge in [0.25, 0.3) is 0 Å². The van der Waals surface area contributed by atoms with E-state index in [0.717, 1.165) is 18.4 Å². The maximum Gasteiger partial charge on any atom is 0.247 e. The first-order valence-corrected chi connectivity index (χ1v) is 6.01. The Kier molecular flexibility index (Phi) is 3.38. The van der Waals surface area contributed by atoms with Crippen LogP contribution in [0.3, 0.4) is 0 Å². The lowest BCUT2D eigenvalue weighted by molar-refractivity contribution is 0.268. The van der Waals surface area contributed by atoms with Crippen molar-refractivity contribution in [2.75, 3.05) is 0 Å². The molecule has 0 radical (unpaired) electrons. The summed E-state index contributed by atoms with van der Waals surface area (Å²) in [6, 6.07) is 0. The van der Waals surface area contributed by atoms with E-state index in [9.17, 15) is 0 Å². The lowest BCUT2D eigenvalue weighted by atomic mass is 9.94. The van der Waals surface area contributed by atoms with Gasteiger partial charge in [-0.1, -0.05) is 19.0 Å². The Balaban J connectivity index is 2.33. The maximum atomic E-state index is 6.20. The second-order valence-corrected chi connectivity index (χ2v) is 4.37. The molecule has 96 valence electrons. The topological polar surface area (TPSA) is 90.7 Å². The average molecular weight is 247 g/mol. The van der Waals surface area contributed by atoms with E-state index in [-0.39, 0.29) is 0 Å². The van der Waals surface area contributed by atoms with E-state index in [2.05, 4.69) is 20.1 Å². The fourth-order valence-corrected chi connectivity index (χ4v) is 1.58. The molecule has 0 spiro atoms. The summed E-state index contributed by atoms with van der Waals surface area (Å²) in [6.07, 6.45) is 4.90. The minimum atomic E-state index is -0.573. The second-order valence-electron chi connectivity index (χ2n) is 4.37. The van der Waals surface area contributed by atoms with E-state index < -0.39 is 5.54 Å². The van der Waals surface area contributed by atoms with Crippen molar-refractivity contribution in [3.8, 4) is 11.6 Å². The van der Waals surface area contributed by atoms with Gasteiger partial charge in [-0.15, -0.1) is 0 Å². The lowest BCUT2D eigenvalue weighted by Crippen LogP contribution is -2.35. The number of hydrogen-bond donors (Lipinski definition) is 1. The van der Waals surface area contributed by atoms with Crippen LogP contribution in [0.4, 0.5) is 0 Å². The Morgan fingerprint density at radius 2 is 1.78 bits per heavy atom. The van der Waals surface area contributed by atoms with Crippen LogP contribution < -0.4 is 5.73 Å². The molecule has 0 saturated carbocycles. The van der Waals surface area contributed by atoms with Gasteiger partial charge in [0, 0.05) is 12.4 Å². The highest BCUT2D eigenvalue weighted by molar-refractivity contribution is 5.41. The summed E-state index contributed by atoms with van der Waals surface area (Å²) in [5.41, 5.74) is 6.61. The van der Waals surface area contributed by atoms with Gasteiger partial charge in [-0.2, -0.15) is 4.98 Å². The second kappa shape index (κ2) is 4.81. The summed E-state index contributed by atoms with van der Waals surface area (Å²) in [4.78, 5) is 12.6. The molecule has 2 N–H and O–H groups in total. The lowest BCUT2D eigenvalue weighted by Gasteiger charge is -2.20. The molecule has 0 saturated heterocycles. The van der Waals surface area contributed by atoms with Gasteiger partial charge in [0.1, 0.15) is 0 Å². The summed E-state index contributed by atoms with van der Waals surface area (Å²) in [7, 11) is 0. The molecule has 2 aromatic heterocycles. The summed E-state index contributed by atoms with van der Waals surface area (Å²) >= 11 is 0. The van der Waals surface area contributed by atoms with E-state index in [1.807, 2.05) is 20.8 Å². The molecule has 6 heteroatoms. The van der Waals surface area contributed by atoms with Crippen LogP contribution in [0.1, 0.15) is 38.1 Å². The van der Waals surface area contributed by atoms with Gasteiger partial charge in [0.15, 0.2) is 0 Å². The van der Waals surface area contributed by atoms with E-state index >= 15 is 0 Å². The molecule has 2 aromatic rings. The van der Waals surface area contributed by atoms with Crippen molar-refractivity contribution >= 4 is 0 Å². The zero-order valence-corrected chi connectivity index (χ0v) is 10.8. The first-order valence-electron chi connectivity index (χ1n) is 6.01. The number of aromatic nitrogens is 4. The summed E-state index contributed by atoms with van der Waals surface area (Å²) in [6.45, 7) is 5.91. The summed E-state index contributed by atoms with van der Waals surface area (Å²) in [5, 5.41) is 3.89. The van der Waals surface area contributed by atoms with Gasteiger partial charge >= 0.3 is 0 Å². The number of nitrogens with two attached hydrogens (primary N) is 1. The Bertz CT molecular complexity index is 516. The number of nitrogens with zero attached hydrogens (tertiary/aromatic N) is 4. The Morgan fingerprint density at radius 1 is 1.17 bits per heavy atom. The van der Waals surface area contributed by atoms with Crippen molar-refractivity contribution in [3.05, 3.63) is 23.8 Å². The Morgan fingerprint density at radius 3 is 2.33 bits per heavy atom. The van der Waals surface area contributed by atoms with Crippen LogP contribution in [0.25, 0.3) is 11.6 Å². The SMILES string of the molecule is CCC(N)(CC)c1nc(-c2ncc(C)cn2)no1. The average Bonchev–Trinajstić information content (AvgIpc) is 2.89. The predicted octanol–water partition coefficient (Wildman–Crippen LogP) is 1.81. The molecule has 0 bridgehead atoms. The molecule has 0 aromatic carbocycles. The highest BCUT2D eigenvalue weighted by Crippen LogP contribution is 2.25. The molecule has 0 unspecified atom stereocenters. The first-order chi connectivity index (χ1) is 8.59. The van der Waals surface area contributed by atoms with Gasteiger partial charge in [0.2, 0.25) is 17.5 Å². The minimum absolute atomic E-state index is 0.377. The fraction of sp³-hybridized carbons (Fsp3) is 0.500. The highest BCUT2D eigenvalue weighted by Gasteiger charge is 2.30. The molecular weight excluding hydrogens is 230 g/mol. The van der Waals surface area contributed by atoms with Gasteiger partial charge < -0.3 is 10.3 Å². The van der Waals surface area contributed by atoms with E-state index in [0.29, 0.717) is 17.5 Å². The van der Waals surface area contributed by atoms with Gasteiger partial charge in [-0.25, -0.2) is 9.97 Å². The standard InChI is InChI=1S/C12H17N5O/c1-4-12(13,5-2)11-16-10(17-18-11)9-14-6-8(3)7-15-9/h6-7H,4-5,13H2,1-3H3. The molecule has 0 aliphatic rings. The van der Waals surface area contributed by atoms with Crippen molar-refractivity contribution < 1.29 is 4.52 Å². The van der Waals surface area contributed by atoms with Crippen molar-refractivity contribution in [1.29, 1.82) is 0 Å². The van der Waals surface area contributed by atoms with Crippen LogP contribution >= 0.6 is 0 Å². The Labute approximate surface area is 106 Å². The fourth-order valence-electron chi connectivity index (χ4n) is 1.58. The summed E-state index contributed by atoms with van der Waals surface area (Å²) in [5.74, 6) is 1.26.